The topological polar surface area (TPSA) is 24.9 Å². The quantitative estimate of drug-likeness (QED) is 0.797. The van der Waals surface area contributed by atoms with Crippen LogP contribution in [0.1, 0.15) is 31.5 Å². The molecule has 0 aliphatic heterocycles. The average Bonchev–Trinajstić information content (AvgIpc) is 2.27. The normalized spacial score (nSPS) is 11.8. The third kappa shape index (κ3) is 4.26. The summed E-state index contributed by atoms with van der Waals surface area (Å²) >= 11 is 0. The van der Waals surface area contributed by atoms with E-state index in [-0.39, 0.29) is 0 Å². The fourth-order valence-corrected chi connectivity index (χ4v) is 1.36. The molecular formula is C13H20N2. The van der Waals surface area contributed by atoms with Gasteiger partial charge in [-0.15, -0.1) is 0 Å². The van der Waals surface area contributed by atoms with Crippen LogP contribution in [0.25, 0.3) is 6.08 Å². The Bertz CT molecular complexity index is 312. The number of aromatic nitrogens is 1. The number of likely N-dealkylation sites (N-methyl/N-ethyl adjacent to an activating group) is 1. The Labute approximate surface area is 92.4 Å². The lowest BCUT2D eigenvalue weighted by atomic mass is 10.1. The number of nitrogens with one attached hydrogen (secondary N) is 1. The second-order valence-electron chi connectivity index (χ2n) is 3.67. The Kier molecular flexibility index (Phi) is 5.05. The van der Waals surface area contributed by atoms with Crippen molar-refractivity contribution >= 4 is 6.08 Å². The maximum absolute atomic E-state index is 4.28. The number of hydrogen-bond donors (Lipinski definition) is 1. The van der Waals surface area contributed by atoms with Crippen LogP contribution in [0.2, 0.25) is 0 Å². The molecule has 0 aliphatic rings. The fraction of sp³-hybridized carbons (Fsp3) is 0.462. The summed E-state index contributed by atoms with van der Waals surface area (Å²) in [5, 5.41) is 3.34. The third-order valence-electron chi connectivity index (χ3n) is 2.36. The molecule has 1 heterocycles. The van der Waals surface area contributed by atoms with Crippen molar-refractivity contribution in [3.63, 3.8) is 0 Å². The summed E-state index contributed by atoms with van der Waals surface area (Å²) in [5.41, 5.74) is 3.68. The van der Waals surface area contributed by atoms with Crippen molar-refractivity contribution < 1.29 is 0 Å². The van der Waals surface area contributed by atoms with Crippen LogP contribution in [0.4, 0.5) is 0 Å². The molecule has 0 saturated carbocycles. The van der Waals surface area contributed by atoms with Crippen molar-refractivity contribution in [2.75, 3.05) is 13.1 Å². The third-order valence-corrected chi connectivity index (χ3v) is 2.36. The Hall–Kier alpha value is -1.15. The van der Waals surface area contributed by atoms with Gasteiger partial charge in [-0.05, 0) is 31.5 Å². The summed E-state index contributed by atoms with van der Waals surface area (Å²) in [6.07, 6.45) is 5.23. The predicted molar refractivity (Wildman–Crippen MR) is 65.8 cm³/mol. The van der Waals surface area contributed by atoms with Crippen LogP contribution in [-0.4, -0.2) is 18.1 Å². The van der Waals surface area contributed by atoms with Gasteiger partial charge in [-0.25, -0.2) is 0 Å². The zero-order chi connectivity index (χ0) is 11.1. The molecule has 1 rings (SSSR count). The van der Waals surface area contributed by atoms with Gasteiger partial charge in [0.1, 0.15) is 0 Å². The van der Waals surface area contributed by atoms with Gasteiger partial charge in [-0.2, -0.15) is 0 Å². The molecule has 1 aromatic heterocycles. The molecule has 0 unspecified atom stereocenters. The van der Waals surface area contributed by atoms with Crippen molar-refractivity contribution in [1.29, 1.82) is 0 Å². The summed E-state index contributed by atoms with van der Waals surface area (Å²) in [7, 11) is 0. The molecule has 0 spiro atoms. The first-order valence-corrected chi connectivity index (χ1v) is 5.59. The van der Waals surface area contributed by atoms with Gasteiger partial charge >= 0.3 is 0 Å². The molecule has 0 aromatic carbocycles. The van der Waals surface area contributed by atoms with Gasteiger partial charge in [0.05, 0.1) is 0 Å². The molecule has 1 N–H and O–H groups in total. The van der Waals surface area contributed by atoms with Gasteiger partial charge < -0.3 is 5.32 Å². The fourth-order valence-electron chi connectivity index (χ4n) is 1.36. The maximum atomic E-state index is 4.28. The largest absolute Gasteiger partial charge is 0.313 e. The van der Waals surface area contributed by atoms with E-state index in [1.54, 1.807) is 0 Å². The van der Waals surface area contributed by atoms with E-state index in [1.165, 1.54) is 11.1 Å². The Morgan fingerprint density at radius 2 is 2.20 bits per heavy atom. The van der Waals surface area contributed by atoms with E-state index in [4.69, 9.17) is 0 Å². The maximum Gasteiger partial charge on any atom is 0.0373 e. The summed E-state index contributed by atoms with van der Waals surface area (Å²) in [4.78, 5) is 4.28. The smallest absolute Gasteiger partial charge is 0.0373 e. The molecule has 0 atom stereocenters. The SMILES string of the molecule is CCNC/C(=C/c1ccc(C)nc1)CC. The summed E-state index contributed by atoms with van der Waals surface area (Å²) < 4.78 is 0. The van der Waals surface area contributed by atoms with Crippen molar-refractivity contribution in [1.82, 2.24) is 10.3 Å². The molecule has 15 heavy (non-hydrogen) atoms. The molecule has 0 fully saturated rings. The molecule has 2 nitrogen and oxygen atoms in total. The van der Waals surface area contributed by atoms with Crippen LogP contribution in [-0.2, 0) is 0 Å². The molecular weight excluding hydrogens is 184 g/mol. The van der Waals surface area contributed by atoms with Crippen molar-refractivity contribution in [3.8, 4) is 0 Å². The lowest BCUT2D eigenvalue weighted by molar-refractivity contribution is 0.762. The van der Waals surface area contributed by atoms with Crippen LogP contribution in [0.3, 0.4) is 0 Å². The van der Waals surface area contributed by atoms with E-state index in [2.05, 4.69) is 36.3 Å². The van der Waals surface area contributed by atoms with Crippen molar-refractivity contribution in [2.24, 2.45) is 0 Å². The second kappa shape index (κ2) is 6.36. The highest BCUT2D eigenvalue weighted by atomic mass is 14.8. The highest BCUT2D eigenvalue weighted by Gasteiger charge is 1.95. The van der Waals surface area contributed by atoms with Gasteiger partial charge in [0.25, 0.3) is 0 Å². The number of aryl methyl sites for hydroxylation is 1. The first kappa shape index (κ1) is 11.9. The molecule has 1 aromatic rings. The van der Waals surface area contributed by atoms with Crippen molar-refractivity contribution in [3.05, 3.63) is 35.2 Å². The summed E-state index contributed by atoms with van der Waals surface area (Å²) in [5.74, 6) is 0. The van der Waals surface area contributed by atoms with Gasteiger partial charge in [-0.1, -0.05) is 31.6 Å². The highest BCUT2D eigenvalue weighted by molar-refractivity contribution is 5.52. The van der Waals surface area contributed by atoms with Crippen LogP contribution in [0, 0.1) is 6.92 Å². The molecule has 0 amide bonds. The minimum absolute atomic E-state index is 0.973. The Balaban J connectivity index is 2.69. The van der Waals surface area contributed by atoms with E-state index < -0.39 is 0 Å². The number of hydrogen-bond acceptors (Lipinski definition) is 2. The van der Waals surface area contributed by atoms with Crippen LogP contribution in [0.5, 0.6) is 0 Å². The van der Waals surface area contributed by atoms with E-state index in [1.807, 2.05) is 19.2 Å². The number of pyridine rings is 1. The van der Waals surface area contributed by atoms with Crippen LogP contribution in [0.15, 0.2) is 23.9 Å². The Morgan fingerprint density at radius 1 is 1.40 bits per heavy atom. The minimum atomic E-state index is 0.973. The van der Waals surface area contributed by atoms with E-state index in [9.17, 15) is 0 Å². The van der Waals surface area contributed by atoms with E-state index >= 15 is 0 Å². The summed E-state index contributed by atoms with van der Waals surface area (Å²) in [6, 6.07) is 4.16. The van der Waals surface area contributed by atoms with Crippen molar-refractivity contribution in [2.45, 2.75) is 27.2 Å². The molecule has 0 saturated heterocycles. The zero-order valence-electron chi connectivity index (χ0n) is 9.88. The molecule has 82 valence electrons. The van der Waals surface area contributed by atoms with Gasteiger partial charge in [0.15, 0.2) is 0 Å². The number of nitrogens with zero attached hydrogens (tertiary/aromatic N) is 1. The van der Waals surface area contributed by atoms with Gasteiger partial charge in [0, 0.05) is 18.4 Å². The first-order valence-electron chi connectivity index (χ1n) is 5.59. The molecule has 0 radical (unpaired) electrons. The predicted octanol–water partition coefficient (Wildman–Crippen LogP) is 2.79. The zero-order valence-corrected chi connectivity index (χ0v) is 9.88. The lowest BCUT2D eigenvalue weighted by Crippen LogP contribution is -2.15. The van der Waals surface area contributed by atoms with Crippen LogP contribution >= 0.6 is 0 Å². The highest BCUT2D eigenvalue weighted by Crippen LogP contribution is 2.08. The molecule has 2 heteroatoms. The van der Waals surface area contributed by atoms with Gasteiger partial charge in [-0.3, -0.25) is 4.98 Å². The summed E-state index contributed by atoms with van der Waals surface area (Å²) in [6.45, 7) is 8.31. The van der Waals surface area contributed by atoms with Crippen LogP contribution < -0.4 is 5.32 Å². The standard InChI is InChI=1S/C13H20N2/c1-4-12(9-14-5-2)8-13-7-6-11(3)15-10-13/h6-8,10,14H,4-5,9H2,1-3H3/b12-8+. The van der Waals surface area contributed by atoms with Gasteiger partial charge in [0.2, 0.25) is 0 Å². The molecule has 0 aliphatic carbocycles. The second-order valence-corrected chi connectivity index (χ2v) is 3.67. The monoisotopic (exact) mass is 204 g/mol. The Morgan fingerprint density at radius 3 is 2.73 bits per heavy atom. The lowest BCUT2D eigenvalue weighted by Gasteiger charge is -2.05. The number of rotatable bonds is 5. The van der Waals surface area contributed by atoms with E-state index in [0.29, 0.717) is 0 Å². The van der Waals surface area contributed by atoms with E-state index in [0.717, 1.165) is 25.2 Å². The minimum Gasteiger partial charge on any atom is -0.313 e. The average molecular weight is 204 g/mol. The molecule has 0 bridgehead atoms. The first-order chi connectivity index (χ1) is 7.26.